The lowest BCUT2D eigenvalue weighted by Gasteiger charge is -2.01. The van der Waals surface area contributed by atoms with Gasteiger partial charge in [-0.2, -0.15) is 5.26 Å². The number of aromatic nitrogens is 1. The molecule has 0 fully saturated rings. The average Bonchev–Trinajstić information content (AvgIpc) is 2.92. The number of carbonyl (C=O) groups excluding carboxylic acids is 1. The molecule has 102 valence electrons. The highest BCUT2D eigenvalue weighted by Gasteiger charge is 2.16. The van der Waals surface area contributed by atoms with Gasteiger partial charge in [-0.05, 0) is 36.4 Å². The zero-order valence-corrected chi connectivity index (χ0v) is 11.4. The number of nitrogens with one attached hydrogen (secondary N) is 1. The Hall–Kier alpha value is -2.64. The summed E-state index contributed by atoms with van der Waals surface area (Å²) in [6.07, 6.45) is 1.57. The van der Waals surface area contributed by atoms with Gasteiger partial charge in [-0.3, -0.25) is 4.79 Å². The summed E-state index contributed by atoms with van der Waals surface area (Å²) in [7, 11) is 0. The van der Waals surface area contributed by atoms with E-state index in [0.717, 1.165) is 11.6 Å². The number of aromatic amines is 1. The van der Waals surface area contributed by atoms with E-state index in [0.29, 0.717) is 22.1 Å². The van der Waals surface area contributed by atoms with Gasteiger partial charge >= 0.3 is 0 Å². The van der Waals surface area contributed by atoms with Crippen molar-refractivity contribution in [1.29, 1.82) is 5.26 Å². The molecule has 5 heteroatoms. The van der Waals surface area contributed by atoms with Crippen LogP contribution >= 0.6 is 11.6 Å². The van der Waals surface area contributed by atoms with Gasteiger partial charge in [-0.25, -0.2) is 4.39 Å². The van der Waals surface area contributed by atoms with E-state index in [2.05, 4.69) is 4.98 Å². The standard InChI is InChI=1S/C16H8ClFN2O/c17-13-6-10(2-3-14(13)18)16(21)12-8-20-15-4-1-9(7-19)5-11(12)15/h1-6,8,20H. The number of nitriles is 1. The van der Waals surface area contributed by atoms with Gasteiger partial charge in [0.1, 0.15) is 5.82 Å². The Bertz CT molecular complexity index is 908. The van der Waals surface area contributed by atoms with Crippen LogP contribution in [0, 0.1) is 17.1 Å². The minimum absolute atomic E-state index is 0.0987. The normalized spacial score (nSPS) is 10.5. The maximum Gasteiger partial charge on any atom is 0.195 e. The molecule has 1 N–H and O–H groups in total. The van der Waals surface area contributed by atoms with Crippen molar-refractivity contribution < 1.29 is 9.18 Å². The first-order valence-corrected chi connectivity index (χ1v) is 6.49. The molecule has 0 aliphatic carbocycles. The Morgan fingerprint density at radius 2 is 2.05 bits per heavy atom. The summed E-state index contributed by atoms with van der Waals surface area (Å²) < 4.78 is 13.2. The van der Waals surface area contributed by atoms with Gasteiger partial charge in [0, 0.05) is 28.2 Å². The Balaban J connectivity index is 2.13. The largest absolute Gasteiger partial charge is 0.360 e. The van der Waals surface area contributed by atoms with Gasteiger partial charge in [0.05, 0.1) is 16.7 Å². The number of halogens is 2. The Labute approximate surface area is 124 Å². The van der Waals surface area contributed by atoms with Gasteiger partial charge in [-0.15, -0.1) is 0 Å². The van der Waals surface area contributed by atoms with Crippen LogP contribution in [0.2, 0.25) is 5.02 Å². The Kier molecular flexibility index (Phi) is 3.20. The van der Waals surface area contributed by atoms with Crippen molar-refractivity contribution in [2.24, 2.45) is 0 Å². The number of benzene rings is 2. The van der Waals surface area contributed by atoms with E-state index in [1.165, 1.54) is 12.1 Å². The number of nitrogens with zero attached hydrogens (tertiary/aromatic N) is 1. The number of hydrogen-bond acceptors (Lipinski definition) is 2. The van der Waals surface area contributed by atoms with Gasteiger partial charge in [-0.1, -0.05) is 11.6 Å². The van der Waals surface area contributed by atoms with Crippen LogP contribution < -0.4 is 0 Å². The lowest BCUT2D eigenvalue weighted by Crippen LogP contribution is -2.00. The van der Waals surface area contributed by atoms with Gasteiger partial charge in [0.2, 0.25) is 0 Å². The quantitative estimate of drug-likeness (QED) is 0.725. The molecule has 3 aromatic rings. The fourth-order valence-corrected chi connectivity index (χ4v) is 2.35. The summed E-state index contributed by atoms with van der Waals surface area (Å²) in [5.74, 6) is -0.850. The van der Waals surface area contributed by atoms with Crippen LogP contribution in [-0.2, 0) is 0 Å². The molecule has 0 unspecified atom stereocenters. The molecule has 1 aromatic heterocycles. The summed E-state index contributed by atoms with van der Waals surface area (Å²) in [6.45, 7) is 0. The highest BCUT2D eigenvalue weighted by atomic mass is 35.5. The average molecular weight is 299 g/mol. The molecule has 0 radical (unpaired) electrons. The molecule has 2 aromatic carbocycles. The van der Waals surface area contributed by atoms with E-state index in [9.17, 15) is 9.18 Å². The molecule has 0 atom stereocenters. The molecule has 3 rings (SSSR count). The molecule has 3 nitrogen and oxygen atoms in total. The minimum atomic E-state index is -0.570. The third kappa shape index (κ3) is 2.28. The van der Waals surface area contributed by atoms with E-state index in [1.54, 1.807) is 24.4 Å². The molecular weight excluding hydrogens is 291 g/mol. The predicted molar refractivity (Wildman–Crippen MR) is 77.9 cm³/mol. The fourth-order valence-electron chi connectivity index (χ4n) is 2.17. The van der Waals surface area contributed by atoms with E-state index in [1.807, 2.05) is 6.07 Å². The van der Waals surface area contributed by atoms with Gasteiger partial charge in [0.25, 0.3) is 0 Å². The molecule has 0 spiro atoms. The van der Waals surface area contributed by atoms with Crippen LogP contribution in [0.3, 0.4) is 0 Å². The third-order valence-electron chi connectivity index (χ3n) is 3.24. The van der Waals surface area contributed by atoms with Crippen LogP contribution in [0.4, 0.5) is 4.39 Å². The van der Waals surface area contributed by atoms with Crippen molar-refractivity contribution in [3.8, 4) is 6.07 Å². The smallest absolute Gasteiger partial charge is 0.195 e. The second-order valence-corrected chi connectivity index (χ2v) is 4.94. The Morgan fingerprint density at radius 1 is 1.24 bits per heavy atom. The SMILES string of the molecule is N#Cc1ccc2[nH]cc(C(=O)c3ccc(F)c(Cl)c3)c2c1. The molecule has 0 saturated carbocycles. The van der Waals surface area contributed by atoms with Crippen molar-refractivity contribution in [1.82, 2.24) is 4.98 Å². The molecule has 0 saturated heterocycles. The predicted octanol–water partition coefficient (Wildman–Crippen LogP) is 4.06. The van der Waals surface area contributed by atoms with Crippen molar-refractivity contribution in [3.05, 3.63) is 70.1 Å². The zero-order valence-electron chi connectivity index (χ0n) is 10.7. The van der Waals surface area contributed by atoms with Crippen LogP contribution in [0.25, 0.3) is 10.9 Å². The van der Waals surface area contributed by atoms with E-state index in [-0.39, 0.29) is 10.8 Å². The highest BCUT2D eigenvalue weighted by Crippen LogP contribution is 2.24. The second-order valence-electron chi connectivity index (χ2n) is 4.53. The first-order chi connectivity index (χ1) is 10.1. The van der Waals surface area contributed by atoms with Crippen molar-refractivity contribution >= 4 is 28.3 Å². The number of carbonyl (C=O) groups is 1. The topological polar surface area (TPSA) is 56.6 Å². The third-order valence-corrected chi connectivity index (χ3v) is 3.53. The van der Waals surface area contributed by atoms with Crippen molar-refractivity contribution in [2.75, 3.05) is 0 Å². The van der Waals surface area contributed by atoms with E-state index in [4.69, 9.17) is 16.9 Å². The monoisotopic (exact) mass is 298 g/mol. The van der Waals surface area contributed by atoms with Crippen LogP contribution in [0.5, 0.6) is 0 Å². The zero-order chi connectivity index (χ0) is 15.0. The van der Waals surface area contributed by atoms with Crippen molar-refractivity contribution in [2.45, 2.75) is 0 Å². The van der Waals surface area contributed by atoms with Crippen molar-refractivity contribution in [3.63, 3.8) is 0 Å². The summed E-state index contributed by atoms with van der Waals surface area (Å²) in [6, 6.07) is 10.9. The van der Waals surface area contributed by atoms with Gasteiger partial charge in [0.15, 0.2) is 5.78 Å². The van der Waals surface area contributed by atoms with Crippen LogP contribution in [0.1, 0.15) is 21.5 Å². The highest BCUT2D eigenvalue weighted by molar-refractivity contribution is 6.31. The van der Waals surface area contributed by atoms with Crippen LogP contribution in [0.15, 0.2) is 42.6 Å². The number of fused-ring (bicyclic) bond motifs is 1. The van der Waals surface area contributed by atoms with Crippen LogP contribution in [-0.4, -0.2) is 10.8 Å². The first-order valence-electron chi connectivity index (χ1n) is 6.11. The second kappa shape index (κ2) is 5.04. The minimum Gasteiger partial charge on any atom is -0.360 e. The molecule has 0 amide bonds. The summed E-state index contributed by atoms with van der Waals surface area (Å²) >= 11 is 5.71. The molecular formula is C16H8ClFN2O. The lowest BCUT2D eigenvalue weighted by molar-refractivity contribution is 0.104. The Morgan fingerprint density at radius 3 is 2.76 bits per heavy atom. The number of hydrogen-bond donors (Lipinski definition) is 1. The summed E-state index contributed by atoms with van der Waals surface area (Å²) in [5.41, 5.74) is 1.94. The maximum atomic E-state index is 13.2. The molecule has 21 heavy (non-hydrogen) atoms. The molecule has 0 aliphatic rings. The molecule has 1 heterocycles. The number of ketones is 1. The fraction of sp³-hybridized carbons (Fsp3) is 0. The number of rotatable bonds is 2. The maximum absolute atomic E-state index is 13.2. The van der Waals surface area contributed by atoms with E-state index >= 15 is 0 Å². The lowest BCUT2D eigenvalue weighted by atomic mass is 10.0. The number of H-pyrrole nitrogens is 1. The summed E-state index contributed by atoms with van der Waals surface area (Å²) in [5, 5.41) is 9.50. The van der Waals surface area contributed by atoms with E-state index < -0.39 is 5.82 Å². The van der Waals surface area contributed by atoms with Gasteiger partial charge < -0.3 is 4.98 Å². The molecule has 0 bridgehead atoms. The first kappa shape index (κ1) is 13.3. The molecule has 0 aliphatic heterocycles. The summed E-state index contributed by atoms with van der Waals surface area (Å²) in [4.78, 5) is 15.5.